The highest BCUT2D eigenvalue weighted by molar-refractivity contribution is 5.80. The minimum absolute atomic E-state index is 0.0471. The summed E-state index contributed by atoms with van der Waals surface area (Å²) in [5, 5.41) is 113. The molecule has 0 aromatic heterocycles. The van der Waals surface area contributed by atoms with Gasteiger partial charge in [-0.1, -0.05) is 91.7 Å². The second-order valence-electron chi connectivity index (χ2n) is 27.1. The van der Waals surface area contributed by atoms with E-state index in [2.05, 4.69) is 46.0 Å². The van der Waals surface area contributed by atoms with Crippen molar-refractivity contribution in [3.63, 3.8) is 0 Å². The number of hydrogen-bond donors (Lipinski definition) is 11. The Morgan fingerprint density at radius 2 is 1.34 bits per heavy atom. The number of carboxylic acid groups (broad SMARTS) is 1. The van der Waals surface area contributed by atoms with Crippen LogP contribution in [0.5, 0.6) is 0 Å². The minimum atomic E-state index is -1.95. The van der Waals surface area contributed by atoms with E-state index in [-0.39, 0.29) is 53.8 Å². The summed E-state index contributed by atoms with van der Waals surface area (Å²) in [7, 11) is 0. The normalized spacial score (nSPS) is 47.0. The van der Waals surface area contributed by atoms with Gasteiger partial charge in [0.05, 0.1) is 43.0 Å². The average Bonchev–Trinajstić information content (AvgIpc) is 3.42. The van der Waals surface area contributed by atoms with Crippen LogP contribution in [0.1, 0.15) is 170 Å². The van der Waals surface area contributed by atoms with Gasteiger partial charge < -0.3 is 89.6 Å². The van der Waals surface area contributed by atoms with Gasteiger partial charge in [0.25, 0.3) is 0 Å². The maximum absolute atomic E-state index is 15.7. The molecule has 3 saturated heterocycles. The topological polar surface area (TPSA) is 338 Å². The number of aliphatic hydroxyl groups excluding tert-OH is 9. The molecule has 24 atom stereocenters. The van der Waals surface area contributed by atoms with Gasteiger partial charge >= 0.3 is 11.9 Å². The Bertz CT molecular complexity index is 2220. The predicted octanol–water partition coefficient (Wildman–Crippen LogP) is 3.07. The second kappa shape index (κ2) is 24.7. The largest absolute Gasteiger partial charge is 0.481 e. The van der Waals surface area contributed by atoms with E-state index in [1.54, 1.807) is 0 Å². The van der Waals surface area contributed by atoms with Crippen LogP contribution in [0, 0.1) is 50.2 Å². The number of ether oxygens (including phenoxy) is 6. The van der Waals surface area contributed by atoms with Crippen molar-refractivity contribution in [2.45, 2.75) is 269 Å². The summed E-state index contributed by atoms with van der Waals surface area (Å²) in [6, 6.07) is -1.36. The number of aliphatic hydroxyl groups is 9. The second-order valence-corrected chi connectivity index (χ2v) is 27.1. The Kier molecular flexibility index (Phi) is 19.5. The Hall–Kier alpha value is -2.74. The molecule has 456 valence electrons. The van der Waals surface area contributed by atoms with E-state index in [1.165, 1.54) is 6.92 Å². The number of carbonyl (C=O) groups excluding carboxylic acids is 3. The lowest BCUT2D eigenvalue weighted by atomic mass is 9.33. The quantitative estimate of drug-likeness (QED) is 0.0361. The van der Waals surface area contributed by atoms with E-state index in [0.717, 1.165) is 63.2 Å². The van der Waals surface area contributed by atoms with Crippen LogP contribution in [0.3, 0.4) is 0 Å². The molecule has 21 nitrogen and oxygen atoms in total. The summed E-state index contributed by atoms with van der Waals surface area (Å²) in [4.78, 5) is 52.9. The van der Waals surface area contributed by atoms with Crippen LogP contribution < -0.4 is 5.32 Å². The fourth-order valence-electron chi connectivity index (χ4n) is 16.7. The molecular formula is C59H95NO20. The van der Waals surface area contributed by atoms with Gasteiger partial charge in [-0.3, -0.25) is 14.4 Å². The zero-order chi connectivity index (χ0) is 58.5. The predicted molar refractivity (Wildman–Crippen MR) is 284 cm³/mol. The number of aldehydes is 1. The van der Waals surface area contributed by atoms with Gasteiger partial charge in [-0.05, 0) is 117 Å². The van der Waals surface area contributed by atoms with Crippen LogP contribution in [0.2, 0.25) is 0 Å². The van der Waals surface area contributed by atoms with Gasteiger partial charge in [-0.15, -0.1) is 0 Å². The van der Waals surface area contributed by atoms with Crippen LogP contribution >= 0.6 is 0 Å². The average molecular weight is 1140 g/mol. The first-order chi connectivity index (χ1) is 37.6. The van der Waals surface area contributed by atoms with E-state index in [4.69, 9.17) is 33.5 Å². The van der Waals surface area contributed by atoms with Crippen molar-refractivity contribution in [2.24, 2.45) is 50.2 Å². The lowest BCUT2D eigenvalue weighted by molar-refractivity contribution is -0.370. The van der Waals surface area contributed by atoms with E-state index in [0.29, 0.717) is 44.9 Å². The molecule has 11 N–H and O–H groups in total. The van der Waals surface area contributed by atoms with E-state index in [1.807, 2.05) is 6.92 Å². The summed E-state index contributed by atoms with van der Waals surface area (Å²) in [6.07, 6.45) is -8.54. The third-order valence-corrected chi connectivity index (χ3v) is 21.8. The molecule has 8 aliphatic rings. The molecule has 16 unspecified atom stereocenters. The third-order valence-electron chi connectivity index (χ3n) is 21.8. The number of unbranched alkanes of at least 4 members (excludes halogenated alkanes) is 7. The Morgan fingerprint density at radius 1 is 0.700 bits per heavy atom. The van der Waals surface area contributed by atoms with Gasteiger partial charge in [0.2, 0.25) is 12.2 Å². The molecule has 7 fully saturated rings. The number of amides is 1. The van der Waals surface area contributed by atoms with Gasteiger partial charge in [0.1, 0.15) is 60.5 Å². The molecule has 21 heteroatoms. The number of hydrogen-bond acceptors (Lipinski definition) is 19. The number of esters is 1. The van der Waals surface area contributed by atoms with Crippen molar-refractivity contribution in [3.8, 4) is 0 Å². The summed E-state index contributed by atoms with van der Waals surface area (Å²) in [5.74, 6) is -2.57. The van der Waals surface area contributed by atoms with Crippen LogP contribution in [-0.2, 0) is 47.6 Å². The summed E-state index contributed by atoms with van der Waals surface area (Å²) < 4.78 is 36.4. The molecule has 0 aromatic rings. The Labute approximate surface area is 470 Å². The number of fused-ring (bicyclic) bond motifs is 7. The van der Waals surface area contributed by atoms with Crippen LogP contribution in [0.15, 0.2) is 11.6 Å². The van der Waals surface area contributed by atoms with Gasteiger partial charge in [0, 0.05) is 12.8 Å². The Balaban J connectivity index is 1.04. The SMILES string of the molecule is CC1O[C@@H](OC2C(O)[C@@H](NC(=O)CCCCCCCCCCC(=O)O)C(CO)O[C@H]2OC(=O)[C@]23CCC(C)(C)CC2C2=CCC4C5(C)CC[C@H](O)C(C)(C=O)C5CCC4(C)C2(C)CC3O)C(O)C(O)[C@H]1O[C@@H]1OC[C@@H](O)C(O)C1O. The molecule has 80 heavy (non-hydrogen) atoms. The van der Waals surface area contributed by atoms with Crippen molar-refractivity contribution in [3.05, 3.63) is 11.6 Å². The molecule has 8 rings (SSSR count). The zero-order valence-corrected chi connectivity index (χ0v) is 48.0. The highest BCUT2D eigenvalue weighted by atomic mass is 16.8. The number of carbonyl (C=O) groups is 4. The van der Waals surface area contributed by atoms with Crippen molar-refractivity contribution >= 4 is 24.1 Å². The van der Waals surface area contributed by atoms with Gasteiger partial charge in [0.15, 0.2) is 18.7 Å². The standard InChI is InChI=1S/C59H95NO20/c1-31-48(78-50-46(72)43(69)34(63)29-75-50)45(71)47(73)51(76-31)79-49-44(70)42(60-40(66)16-14-12-10-8-9-11-13-15-17-41(67)68)35(28-61)77-52(49)80-53(74)59-25-24-54(2,3)26-33(59)32-18-19-37-55(4)22-21-38(64)56(5,30-62)36(55)20-23-57(37,6)58(32,7)27-39(59)65/h18,30-31,33-39,42-52,61,63-65,69-73H,8-17,19-29H2,1-7H3,(H,60,66)(H,67,68)/t31?,33?,34-,35?,36?,37?,38+,39?,42+,43?,44?,45?,46?,47?,48+,49?,50+,51+,52+,55?,56?,57?,58?,59-/m1/s1. The summed E-state index contributed by atoms with van der Waals surface area (Å²) in [5.41, 5.74) is -2.89. The third kappa shape index (κ3) is 11.6. The van der Waals surface area contributed by atoms with Crippen LogP contribution in [0.4, 0.5) is 0 Å². The monoisotopic (exact) mass is 1140 g/mol. The Morgan fingerprint density at radius 3 is 1.99 bits per heavy atom. The number of allylic oxidation sites excluding steroid dienone is 2. The maximum atomic E-state index is 15.7. The van der Waals surface area contributed by atoms with Crippen molar-refractivity contribution in [1.82, 2.24) is 5.32 Å². The van der Waals surface area contributed by atoms with Crippen molar-refractivity contribution in [1.29, 1.82) is 0 Å². The lowest BCUT2D eigenvalue weighted by Crippen LogP contribution is -2.69. The molecule has 0 spiro atoms. The fraction of sp³-hybridized carbons (Fsp3) is 0.898. The minimum Gasteiger partial charge on any atom is -0.481 e. The van der Waals surface area contributed by atoms with E-state index in [9.17, 15) is 60.3 Å². The zero-order valence-electron chi connectivity index (χ0n) is 48.0. The summed E-state index contributed by atoms with van der Waals surface area (Å²) in [6.45, 7) is 13.3. The van der Waals surface area contributed by atoms with E-state index >= 15 is 4.79 Å². The molecule has 5 aliphatic carbocycles. The van der Waals surface area contributed by atoms with Crippen molar-refractivity contribution in [2.75, 3.05) is 13.2 Å². The fourth-order valence-corrected chi connectivity index (χ4v) is 16.7. The molecule has 1 amide bonds. The first-order valence-corrected chi connectivity index (χ1v) is 29.8. The summed E-state index contributed by atoms with van der Waals surface area (Å²) >= 11 is 0. The first-order valence-electron chi connectivity index (χ1n) is 29.8. The van der Waals surface area contributed by atoms with Gasteiger partial charge in [-0.2, -0.15) is 0 Å². The first kappa shape index (κ1) is 63.3. The number of nitrogens with one attached hydrogen (secondary N) is 1. The van der Waals surface area contributed by atoms with Crippen LogP contribution in [-0.4, -0.2) is 187 Å². The maximum Gasteiger partial charge on any atom is 0.317 e. The molecule has 4 saturated carbocycles. The molecule has 3 heterocycles. The molecule has 3 aliphatic heterocycles. The molecule has 0 radical (unpaired) electrons. The number of carboxylic acids is 1. The smallest absolute Gasteiger partial charge is 0.317 e. The number of rotatable bonds is 20. The highest BCUT2D eigenvalue weighted by Crippen LogP contribution is 2.76. The molecule has 0 bridgehead atoms. The van der Waals surface area contributed by atoms with Crippen LogP contribution in [0.25, 0.3) is 0 Å². The van der Waals surface area contributed by atoms with Crippen molar-refractivity contribution < 1.29 is 98.7 Å². The highest BCUT2D eigenvalue weighted by Gasteiger charge is 2.72. The van der Waals surface area contributed by atoms with Gasteiger partial charge in [-0.25, -0.2) is 0 Å². The molecular weight excluding hydrogens is 1040 g/mol. The number of aliphatic carboxylic acids is 1. The lowest BCUT2D eigenvalue weighted by Gasteiger charge is -2.71. The molecule has 0 aromatic carbocycles. The van der Waals surface area contributed by atoms with E-state index < -0.39 is 151 Å².